The fourth-order valence-electron chi connectivity index (χ4n) is 2.78. The third-order valence-corrected chi connectivity index (χ3v) is 6.76. The molecule has 7 nitrogen and oxygen atoms in total. The fourth-order valence-corrected chi connectivity index (χ4v) is 5.05. The molecule has 1 saturated heterocycles. The largest absolute Gasteiger partial charge is 0.377 e. The first-order chi connectivity index (χ1) is 12.4. The van der Waals surface area contributed by atoms with Crippen molar-refractivity contribution in [1.82, 2.24) is 4.31 Å². The predicted octanol–water partition coefficient (Wildman–Crippen LogP) is 3.17. The van der Waals surface area contributed by atoms with Crippen molar-refractivity contribution in [1.29, 1.82) is 0 Å². The number of benzene rings is 1. The van der Waals surface area contributed by atoms with E-state index in [4.69, 9.17) is 4.74 Å². The number of nitro groups is 1. The van der Waals surface area contributed by atoms with Crippen LogP contribution in [-0.2, 0) is 21.3 Å². The molecule has 0 N–H and O–H groups in total. The van der Waals surface area contributed by atoms with Crippen molar-refractivity contribution in [2.75, 3.05) is 13.2 Å². The lowest BCUT2D eigenvalue weighted by atomic mass is 10.2. The summed E-state index contributed by atoms with van der Waals surface area (Å²) >= 11 is 1.42. The molecule has 0 spiro atoms. The highest BCUT2D eigenvalue weighted by molar-refractivity contribution is 7.89. The topological polar surface area (TPSA) is 89.8 Å². The van der Waals surface area contributed by atoms with Crippen molar-refractivity contribution in [2.45, 2.75) is 30.4 Å². The Hall–Kier alpha value is -1.88. The van der Waals surface area contributed by atoms with Crippen molar-refractivity contribution >= 4 is 27.0 Å². The maximum Gasteiger partial charge on any atom is 0.306 e. The summed E-state index contributed by atoms with van der Waals surface area (Å²) in [5.74, 6) is -1.07. The number of ether oxygens (including phenoxy) is 1. The summed E-state index contributed by atoms with van der Waals surface area (Å²) in [6, 6.07) is 6.26. The van der Waals surface area contributed by atoms with Gasteiger partial charge < -0.3 is 4.74 Å². The zero-order chi connectivity index (χ0) is 18.7. The molecule has 0 bridgehead atoms. The van der Waals surface area contributed by atoms with E-state index in [1.54, 1.807) is 0 Å². The van der Waals surface area contributed by atoms with Crippen LogP contribution < -0.4 is 0 Å². The zero-order valence-corrected chi connectivity index (χ0v) is 15.3. The van der Waals surface area contributed by atoms with E-state index in [9.17, 15) is 22.9 Å². The first-order valence-corrected chi connectivity index (χ1v) is 10.3. The van der Waals surface area contributed by atoms with Gasteiger partial charge in [0.25, 0.3) is 0 Å². The van der Waals surface area contributed by atoms with Crippen LogP contribution in [-0.4, -0.2) is 36.9 Å². The van der Waals surface area contributed by atoms with E-state index in [-0.39, 0.29) is 24.1 Å². The molecule has 0 unspecified atom stereocenters. The first kappa shape index (κ1) is 18.9. The second-order valence-corrected chi connectivity index (χ2v) is 8.85. The molecule has 1 aliphatic rings. The van der Waals surface area contributed by atoms with E-state index >= 15 is 0 Å². The van der Waals surface area contributed by atoms with Gasteiger partial charge in [-0.2, -0.15) is 8.70 Å². The second kappa shape index (κ2) is 7.78. The molecule has 3 rings (SSSR count). The minimum Gasteiger partial charge on any atom is -0.377 e. The van der Waals surface area contributed by atoms with Crippen LogP contribution in [0.5, 0.6) is 0 Å². The Morgan fingerprint density at radius 2 is 2.19 bits per heavy atom. The molecular weight excluding hydrogens is 383 g/mol. The molecule has 2 aromatic rings. The lowest BCUT2D eigenvalue weighted by molar-refractivity contribution is -0.387. The van der Waals surface area contributed by atoms with Gasteiger partial charge >= 0.3 is 5.69 Å². The Morgan fingerprint density at radius 3 is 2.81 bits per heavy atom. The maximum absolute atomic E-state index is 13.6. The highest BCUT2D eigenvalue weighted by Gasteiger charge is 2.31. The summed E-state index contributed by atoms with van der Waals surface area (Å²) in [6.07, 6.45) is 1.39. The summed E-state index contributed by atoms with van der Waals surface area (Å²) in [7, 11) is -4.05. The minimum atomic E-state index is -4.05. The summed E-state index contributed by atoms with van der Waals surface area (Å²) < 4.78 is 46.5. The standard InChI is InChI=1S/C16H17FN2O5S2/c17-15-6-5-14(9-16(15)19(20)21)26(22,23)18(10-12-3-1-7-24-12)11-13-4-2-8-25-13/h2,4-6,8-9,12H,1,3,7,10-11H2/t12-/m0/s1. The number of thiophene rings is 1. The number of nitro benzene ring substituents is 1. The third-order valence-electron chi connectivity index (χ3n) is 4.10. The van der Waals surface area contributed by atoms with Gasteiger partial charge in [0.2, 0.25) is 15.8 Å². The van der Waals surface area contributed by atoms with Crippen molar-refractivity contribution < 1.29 is 22.5 Å². The fraction of sp³-hybridized carbons (Fsp3) is 0.375. The van der Waals surface area contributed by atoms with Gasteiger partial charge in [-0.05, 0) is 36.4 Å². The molecule has 10 heteroatoms. The van der Waals surface area contributed by atoms with Crippen LogP contribution in [0.1, 0.15) is 17.7 Å². The molecule has 0 aliphatic carbocycles. The normalized spacial score (nSPS) is 17.7. The highest BCUT2D eigenvalue weighted by Crippen LogP contribution is 2.27. The van der Waals surface area contributed by atoms with Crippen LogP contribution >= 0.6 is 11.3 Å². The SMILES string of the molecule is O=[N+]([O-])c1cc(S(=O)(=O)N(Cc2cccs2)C[C@@H]2CCCO2)ccc1F. The van der Waals surface area contributed by atoms with E-state index in [1.165, 1.54) is 15.6 Å². The Kier molecular flexibility index (Phi) is 5.66. The monoisotopic (exact) mass is 400 g/mol. The van der Waals surface area contributed by atoms with E-state index in [1.807, 2.05) is 17.5 Å². The van der Waals surface area contributed by atoms with Gasteiger partial charge in [0.15, 0.2) is 0 Å². The van der Waals surface area contributed by atoms with E-state index in [0.29, 0.717) is 6.61 Å². The van der Waals surface area contributed by atoms with Crippen LogP contribution in [0.3, 0.4) is 0 Å². The maximum atomic E-state index is 13.6. The molecule has 1 fully saturated rings. The van der Waals surface area contributed by atoms with Crippen LogP contribution in [0.25, 0.3) is 0 Å². The molecule has 0 radical (unpaired) electrons. The van der Waals surface area contributed by atoms with Gasteiger partial charge in [0, 0.05) is 30.6 Å². The van der Waals surface area contributed by atoms with Gasteiger partial charge in [-0.3, -0.25) is 10.1 Å². The van der Waals surface area contributed by atoms with Crippen LogP contribution in [0.15, 0.2) is 40.6 Å². The van der Waals surface area contributed by atoms with Crippen molar-refractivity contribution in [2.24, 2.45) is 0 Å². The molecule has 2 heterocycles. The van der Waals surface area contributed by atoms with Gasteiger partial charge in [-0.1, -0.05) is 6.07 Å². The molecule has 1 aliphatic heterocycles. The number of sulfonamides is 1. The lowest BCUT2D eigenvalue weighted by Gasteiger charge is -2.24. The zero-order valence-electron chi connectivity index (χ0n) is 13.7. The molecule has 1 aromatic heterocycles. The summed E-state index contributed by atoms with van der Waals surface area (Å²) in [5.41, 5.74) is -0.862. The van der Waals surface area contributed by atoms with E-state index < -0.39 is 26.5 Å². The van der Waals surface area contributed by atoms with Crippen LogP contribution in [0, 0.1) is 15.9 Å². The lowest BCUT2D eigenvalue weighted by Crippen LogP contribution is -2.36. The van der Waals surface area contributed by atoms with Crippen molar-refractivity contribution in [3.8, 4) is 0 Å². The van der Waals surface area contributed by atoms with E-state index in [2.05, 4.69) is 0 Å². The summed E-state index contributed by atoms with van der Waals surface area (Å²) in [4.78, 5) is 10.5. The predicted molar refractivity (Wildman–Crippen MR) is 93.9 cm³/mol. The third kappa shape index (κ3) is 4.09. The number of halogens is 1. The molecular formula is C16H17FN2O5S2. The smallest absolute Gasteiger partial charge is 0.306 e. The van der Waals surface area contributed by atoms with Gasteiger partial charge in [-0.25, -0.2) is 8.42 Å². The molecule has 0 amide bonds. The van der Waals surface area contributed by atoms with E-state index in [0.717, 1.165) is 35.9 Å². The first-order valence-electron chi connectivity index (χ1n) is 7.96. The Labute approximate surface area is 154 Å². The molecule has 26 heavy (non-hydrogen) atoms. The minimum absolute atomic E-state index is 0.130. The molecule has 1 aromatic carbocycles. The van der Waals surface area contributed by atoms with Gasteiger partial charge in [-0.15, -0.1) is 11.3 Å². The van der Waals surface area contributed by atoms with Crippen LogP contribution in [0.2, 0.25) is 0 Å². The quantitative estimate of drug-likeness (QED) is 0.526. The second-order valence-electron chi connectivity index (χ2n) is 5.88. The summed E-state index contributed by atoms with van der Waals surface area (Å²) in [5, 5.41) is 12.8. The number of rotatable bonds is 7. The van der Waals surface area contributed by atoms with Gasteiger partial charge in [0.1, 0.15) is 0 Å². The van der Waals surface area contributed by atoms with Gasteiger partial charge in [0.05, 0.1) is 15.9 Å². The van der Waals surface area contributed by atoms with Crippen molar-refractivity contribution in [3.63, 3.8) is 0 Å². The Balaban J connectivity index is 1.94. The molecule has 0 saturated carbocycles. The van der Waals surface area contributed by atoms with Crippen LogP contribution in [0.4, 0.5) is 10.1 Å². The summed E-state index contributed by atoms with van der Waals surface area (Å²) in [6.45, 7) is 0.857. The number of hydrogen-bond donors (Lipinski definition) is 0. The highest BCUT2D eigenvalue weighted by atomic mass is 32.2. The molecule has 1 atom stereocenters. The van der Waals surface area contributed by atoms with Crippen molar-refractivity contribution in [3.05, 3.63) is 56.5 Å². The molecule has 140 valence electrons. The average molecular weight is 400 g/mol. The average Bonchev–Trinajstić information content (AvgIpc) is 3.28. The number of nitrogens with zero attached hydrogens (tertiary/aromatic N) is 2. The Morgan fingerprint density at radius 1 is 1.38 bits per heavy atom. The number of hydrogen-bond acceptors (Lipinski definition) is 6. The Bertz CT molecular complexity index is 880.